The van der Waals surface area contributed by atoms with Gasteiger partial charge in [0.1, 0.15) is 23.4 Å². The maximum atomic E-state index is 14.5. The molecule has 0 aromatic heterocycles. The fourth-order valence-electron chi connectivity index (χ4n) is 4.94. The molecule has 2 atom stereocenters. The summed E-state index contributed by atoms with van der Waals surface area (Å²) in [5.41, 5.74) is 2.75. The normalized spacial score (nSPS) is 12.7. The number of hydrogen-bond acceptors (Lipinski definition) is 5. The Kier molecular flexibility index (Phi) is 13.8. The standard InChI is InChI=1S/C34H51N3O5/c1-8-10-12-18-35-31(39)30(27-21-24(3)20-25(4)22-27)37(19-13-11-9-2)32(40)29(36-33(41)42-34(5,6)7)23-26-14-16-28(38)17-15-26/h14-17,20-22,29-30,38H,8-13,18-19,23H2,1-7H3,(H,35,39)(H,36,41). The molecule has 8 heteroatoms. The number of phenolic OH excluding ortho intramolecular Hbond substituents is 1. The molecule has 2 aromatic rings. The minimum absolute atomic E-state index is 0.109. The lowest BCUT2D eigenvalue weighted by Crippen LogP contribution is -2.54. The van der Waals surface area contributed by atoms with E-state index in [2.05, 4.69) is 24.5 Å². The fraction of sp³-hybridized carbons (Fsp3) is 0.559. The van der Waals surface area contributed by atoms with Crippen molar-refractivity contribution in [3.63, 3.8) is 0 Å². The summed E-state index contributed by atoms with van der Waals surface area (Å²) in [6.07, 6.45) is 4.91. The number of nitrogens with zero attached hydrogens (tertiary/aromatic N) is 1. The molecule has 0 bridgehead atoms. The maximum absolute atomic E-state index is 14.5. The molecule has 3 amide bonds. The van der Waals surface area contributed by atoms with Crippen molar-refractivity contribution in [1.82, 2.24) is 15.5 Å². The Morgan fingerprint density at radius 2 is 1.50 bits per heavy atom. The average molecular weight is 582 g/mol. The molecule has 0 saturated heterocycles. The van der Waals surface area contributed by atoms with E-state index in [9.17, 15) is 19.5 Å². The minimum Gasteiger partial charge on any atom is -0.508 e. The molecule has 42 heavy (non-hydrogen) atoms. The highest BCUT2D eigenvalue weighted by molar-refractivity contribution is 5.92. The Morgan fingerprint density at radius 3 is 2.07 bits per heavy atom. The number of carbonyl (C=O) groups is 3. The van der Waals surface area contributed by atoms with Crippen molar-refractivity contribution in [3.8, 4) is 5.75 Å². The number of benzene rings is 2. The van der Waals surface area contributed by atoms with E-state index in [-0.39, 0.29) is 24.0 Å². The van der Waals surface area contributed by atoms with Crippen LogP contribution in [0.5, 0.6) is 5.75 Å². The summed E-state index contributed by atoms with van der Waals surface area (Å²) >= 11 is 0. The van der Waals surface area contributed by atoms with Crippen LogP contribution >= 0.6 is 0 Å². The van der Waals surface area contributed by atoms with Crippen molar-refractivity contribution in [3.05, 3.63) is 64.7 Å². The molecule has 0 fully saturated rings. The number of alkyl carbamates (subject to hydrolysis) is 1. The summed E-state index contributed by atoms with van der Waals surface area (Å²) < 4.78 is 5.51. The van der Waals surface area contributed by atoms with Gasteiger partial charge in [-0.05, 0) is 70.7 Å². The van der Waals surface area contributed by atoms with Crippen molar-refractivity contribution in [2.24, 2.45) is 0 Å². The van der Waals surface area contributed by atoms with Crippen molar-refractivity contribution in [2.45, 2.75) is 111 Å². The van der Waals surface area contributed by atoms with Crippen molar-refractivity contribution >= 4 is 17.9 Å². The second-order valence-corrected chi connectivity index (χ2v) is 12.1. The van der Waals surface area contributed by atoms with Gasteiger partial charge in [-0.1, -0.05) is 81.0 Å². The van der Waals surface area contributed by atoms with Crippen LogP contribution < -0.4 is 10.6 Å². The zero-order valence-electron chi connectivity index (χ0n) is 26.6. The fourth-order valence-corrected chi connectivity index (χ4v) is 4.94. The van der Waals surface area contributed by atoms with E-state index in [0.29, 0.717) is 19.5 Å². The summed E-state index contributed by atoms with van der Waals surface area (Å²) in [5.74, 6) is -0.489. The Hall–Kier alpha value is -3.55. The van der Waals surface area contributed by atoms with Crippen molar-refractivity contribution in [1.29, 1.82) is 0 Å². The van der Waals surface area contributed by atoms with Gasteiger partial charge in [0.05, 0.1) is 0 Å². The van der Waals surface area contributed by atoms with Crippen LogP contribution in [0.3, 0.4) is 0 Å². The number of rotatable bonds is 15. The van der Waals surface area contributed by atoms with E-state index < -0.39 is 23.8 Å². The number of amides is 3. The van der Waals surface area contributed by atoms with E-state index in [1.54, 1.807) is 49.9 Å². The van der Waals surface area contributed by atoms with Crippen LogP contribution in [0.15, 0.2) is 42.5 Å². The molecule has 2 unspecified atom stereocenters. The van der Waals surface area contributed by atoms with E-state index in [1.807, 2.05) is 32.0 Å². The smallest absolute Gasteiger partial charge is 0.408 e. The van der Waals surface area contributed by atoms with Gasteiger partial charge in [0.25, 0.3) is 0 Å². The van der Waals surface area contributed by atoms with Gasteiger partial charge in [-0.2, -0.15) is 0 Å². The number of aryl methyl sites for hydroxylation is 2. The molecule has 0 aliphatic rings. The van der Waals surface area contributed by atoms with E-state index in [1.165, 1.54) is 0 Å². The van der Waals surface area contributed by atoms with Gasteiger partial charge in [0.15, 0.2) is 0 Å². The Morgan fingerprint density at radius 1 is 0.905 bits per heavy atom. The monoisotopic (exact) mass is 581 g/mol. The summed E-state index contributed by atoms with van der Waals surface area (Å²) in [4.78, 5) is 43.0. The third kappa shape index (κ3) is 11.7. The summed E-state index contributed by atoms with van der Waals surface area (Å²) in [7, 11) is 0. The van der Waals surface area contributed by atoms with Crippen LogP contribution in [-0.2, 0) is 20.7 Å². The number of hydrogen-bond donors (Lipinski definition) is 3. The first-order valence-electron chi connectivity index (χ1n) is 15.3. The highest BCUT2D eigenvalue weighted by Crippen LogP contribution is 2.26. The van der Waals surface area contributed by atoms with Crippen LogP contribution in [0.2, 0.25) is 0 Å². The lowest BCUT2D eigenvalue weighted by molar-refractivity contribution is -0.142. The van der Waals surface area contributed by atoms with Gasteiger partial charge in [-0.15, -0.1) is 0 Å². The SMILES string of the molecule is CCCCCNC(=O)C(c1cc(C)cc(C)c1)N(CCCCC)C(=O)C(Cc1ccc(O)cc1)NC(=O)OC(C)(C)C. The number of carbonyl (C=O) groups excluding carboxylic acids is 3. The van der Waals surface area contributed by atoms with Gasteiger partial charge < -0.3 is 25.4 Å². The molecule has 232 valence electrons. The minimum atomic E-state index is -0.993. The second-order valence-electron chi connectivity index (χ2n) is 12.1. The number of aromatic hydroxyl groups is 1. The van der Waals surface area contributed by atoms with Crippen LogP contribution in [0, 0.1) is 13.8 Å². The molecule has 0 aliphatic heterocycles. The Bertz CT molecular complexity index is 1140. The van der Waals surface area contributed by atoms with Gasteiger partial charge in [-0.25, -0.2) is 4.79 Å². The largest absolute Gasteiger partial charge is 0.508 e. The number of unbranched alkanes of at least 4 members (excludes halogenated alkanes) is 4. The van der Waals surface area contributed by atoms with E-state index in [0.717, 1.165) is 54.4 Å². The molecule has 0 saturated carbocycles. The third-order valence-electron chi connectivity index (χ3n) is 6.85. The van der Waals surface area contributed by atoms with Crippen LogP contribution in [-0.4, -0.2) is 52.6 Å². The lowest BCUT2D eigenvalue weighted by Gasteiger charge is -2.35. The van der Waals surface area contributed by atoms with Gasteiger partial charge >= 0.3 is 6.09 Å². The molecule has 0 heterocycles. The van der Waals surface area contributed by atoms with Gasteiger partial charge in [-0.3, -0.25) is 9.59 Å². The van der Waals surface area contributed by atoms with Gasteiger partial charge in [0, 0.05) is 19.5 Å². The third-order valence-corrected chi connectivity index (χ3v) is 6.85. The summed E-state index contributed by atoms with van der Waals surface area (Å²) in [6, 6.07) is 10.6. The van der Waals surface area contributed by atoms with Crippen LogP contribution in [0.4, 0.5) is 4.79 Å². The number of nitrogens with one attached hydrogen (secondary N) is 2. The molecule has 3 N–H and O–H groups in total. The summed E-state index contributed by atoms with van der Waals surface area (Å²) in [5, 5.41) is 15.6. The molecular weight excluding hydrogens is 530 g/mol. The molecule has 0 radical (unpaired) electrons. The first-order chi connectivity index (χ1) is 19.8. The zero-order chi connectivity index (χ0) is 31.3. The first-order valence-corrected chi connectivity index (χ1v) is 15.3. The van der Waals surface area contributed by atoms with E-state index >= 15 is 0 Å². The number of ether oxygens (including phenoxy) is 1. The second kappa shape index (κ2) is 16.8. The molecule has 0 spiro atoms. The Labute approximate surface area is 252 Å². The van der Waals surface area contributed by atoms with Crippen LogP contribution in [0.1, 0.15) is 101 Å². The predicted molar refractivity (Wildman–Crippen MR) is 167 cm³/mol. The first kappa shape index (κ1) is 34.7. The van der Waals surface area contributed by atoms with Gasteiger partial charge in [0.2, 0.25) is 11.8 Å². The highest BCUT2D eigenvalue weighted by atomic mass is 16.6. The average Bonchev–Trinajstić information content (AvgIpc) is 2.89. The molecule has 2 aromatic carbocycles. The molecule has 2 rings (SSSR count). The summed E-state index contributed by atoms with van der Waals surface area (Å²) in [6.45, 7) is 14.3. The molecular formula is C34H51N3O5. The predicted octanol–water partition coefficient (Wildman–Crippen LogP) is 6.51. The Balaban J connectivity index is 2.56. The maximum Gasteiger partial charge on any atom is 0.408 e. The van der Waals surface area contributed by atoms with Crippen LogP contribution in [0.25, 0.3) is 0 Å². The van der Waals surface area contributed by atoms with E-state index in [4.69, 9.17) is 4.74 Å². The quantitative estimate of drug-likeness (QED) is 0.208. The highest BCUT2D eigenvalue weighted by Gasteiger charge is 2.36. The van der Waals surface area contributed by atoms with Crippen molar-refractivity contribution in [2.75, 3.05) is 13.1 Å². The molecule has 8 nitrogen and oxygen atoms in total. The number of phenols is 1. The van der Waals surface area contributed by atoms with Crippen molar-refractivity contribution < 1.29 is 24.2 Å². The topological polar surface area (TPSA) is 108 Å². The molecule has 0 aliphatic carbocycles. The lowest BCUT2D eigenvalue weighted by atomic mass is 9.97. The zero-order valence-corrected chi connectivity index (χ0v) is 26.6.